The van der Waals surface area contributed by atoms with Gasteiger partial charge in [-0.15, -0.1) is 15.3 Å². The van der Waals surface area contributed by atoms with Crippen molar-refractivity contribution in [1.82, 2.24) is 30.1 Å². The zero-order valence-corrected chi connectivity index (χ0v) is 14.9. The van der Waals surface area contributed by atoms with Crippen LogP contribution in [0.25, 0.3) is 5.65 Å². The van der Waals surface area contributed by atoms with Crippen molar-refractivity contribution >= 4 is 11.5 Å². The molecular formula is C19H23N7. The van der Waals surface area contributed by atoms with Gasteiger partial charge >= 0.3 is 0 Å². The molecule has 5 rings (SSSR count). The van der Waals surface area contributed by atoms with Crippen molar-refractivity contribution in [1.29, 1.82) is 0 Å². The van der Waals surface area contributed by atoms with Gasteiger partial charge < -0.3 is 10.2 Å². The van der Waals surface area contributed by atoms with E-state index in [0.29, 0.717) is 17.9 Å². The van der Waals surface area contributed by atoms with Gasteiger partial charge in [0.15, 0.2) is 11.5 Å². The first-order chi connectivity index (χ1) is 12.8. The predicted octanol–water partition coefficient (Wildman–Crippen LogP) is 2.18. The van der Waals surface area contributed by atoms with E-state index in [1.807, 2.05) is 29.0 Å². The van der Waals surface area contributed by atoms with E-state index in [2.05, 4.69) is 44.5 Å². The minimum absolute atomic E-state index is 0.324. The highest BCUT2D eigenvalue weighted by atomic mass is 15.4. The molecule has 1 saturated carbocycles. The first kappa shape index (κ1) is 15.7. The van der Waals surface area contributed by atoms with Crippen LogP contribution in [-0.4, -0.2) is 44.4 Å². The number of pyridine rings is 1. The number of fused-ring (bicyclic) bond motifs is 1. The molecule has 0 bridgehead atoms. The molecule has 26 heavy (non-hydrogen) atoms. The number of nitrogens with one attached hydrogen (secondary N) is 1. The Morgan fingerprint density at radius 3 is 2.85 bits per heavy atom. The maximum absolute atomic E-state index is 4.78. The van der Waals surface area contributed by atoms with Crippen molar-refractivity contribution in [2.75, 3.05) is 24.5 Å². The Morgan fingerprint density at radius 2 is 2.08 bits per heavy atom. The number of aromatic nitrogens is 5. The highest BCUT2D eigenvalue weighted by Crippen LogP contribution is 2.38. The molecule has 1 N–H and O–H groups in total. The summed E-state index contributed by atoms with van der Waals surface area (Å²) < 4.78 is 1.93. The molecule has 0 aromatic carbocycles. The summed E-state index contributed by atoms with van der Waals surface area (Å²) in [6.07, 6.45) is 6.16. The molecular weight excluding hydrogens is 326 g/mol. The van der Waals surface area contributed by atoms with E-state index in [0.717, 1.165) is 36.9 Å². The zero-order chi connectivity index (χ0) is 17.5. The van der Waals surface area contributed by atoms with Crippen LogP contribution in [0.3, 0.4) is 0 Å². The molecule has 4 heterocycles. The van der Waals surface area contributed by atoms with Gasteiger partial charge in [-0.2, -0.15) is 4.52 Å². The van der Waals surface area contributed by atoms with E-state index in [9.17, 15) is 0 Å². The third-order valence-electron chi connectivity index (χ3n) is 5.39. The van der Waals surface area contributed by atoms with Crippen LogP contribution in [0.2, 0.25) is 0 Å². The van der Waals surface area contributed by atoms with E-state index in [-0.39, 0.29) is 0 Å². The smallest absolute Gasteiger partial charge is 0.178 e. The molecule has 2 fully saturated rings. The van der Waals surface area contributed by atoms with Gasteiger partial charge in [0.25, 0.3) is 0 Å². The normalized spacial score (nSPS) is 18.9. The van der Waals surface area contributed by atoms with E-state index in [1.165, 1.54) is 18.4 Å². The van der Waals surface area contributed by atoms with Gasteiger partial charge in [-0.1, -0.05) is 6.07 Å². The molecule has 3 aromatic heterocycles. The molecule has 1 atom stereocenters. The predicted molar refractivity (Wildman–Crippen MR) is 99.1 cm³/mol. The summed E-state index contributed by atoms with van der Waals surface area (Å²) in [5.41, 5.74) is 2.08. The average Bonchev–Trinajstić information content (AvgIpc) is 3.40. The van der Waals surface area contributed by atoms with Crippen molar-refractivity contribution in [3.63, 3.8) is 0 Å². The highest BCUT2D eigenvalue weighted by Gasteiger charge is 2.31. The zero-order valence-electron chi connectivity index (χ0n) is 14.9. The number of hydrogen-bond acceptors (Lipinski definition) is 6. The van der Waals surface area contributed by atoms with Crippen LogP contribution in [0, 0.1) is 5.92 Å². The second-order valence-electron chi connectivity index (χ2n) is 7.48. The summed E-state index contributed by atoms with van der Waals surface area (Å²) in [6, 6.07) is 8.51. The van der Waals surface area contributed by atoms with Crippen LogP contribution >= 0.6 is 0 Å². The minimum Gasteiger partial charge on any atom is -0.354 e. The Morgan fingerprint density at radius 1 is 1.19 bits per heavy atom. The van der Waals surface area contributed by atoms with Crippen molar-refractivity contribution in [3.8, 4) is 0 Å². The molecule has 0 amide bonds. The summed E-state index contributed by atoms with van der Waals surface area (Å²) in [5.74, 6) is 3.24. The average molecular weight is 349 g/mol. The molecule has 7 nitrogen and oxygen atoms in total. The maximum Gasteiger partial charge on any atom is 0.178 e. The Bertz CT molecular complexity index is 897. The molecule has 1 saturated heterocycles. The fraction of sp³-hybridized carbons (Fsp3) is 0.474. The van der Waals surface area contributed by atoms with Crippen molar-refractivity contribution in [2.45, 2.75) is 31.7 Å². The van der Waals surface area contributed by atoms with Crippen LogP contribution < -0.4 is 10.2 Å². The molecule has 2 aliphatic rings. The maximum atomic E-state index is 4.78. The Balaban J connectivity index is 1.19. The second-order valence-corrected chi connectivity index (χ2v) is 7.48. The second kappa shape index (κ2) is 6.32. The highest BCUT2D eigenvalue weighted by molar-refractivity contribution is 5.47. The molecule has 1 unspecified atom stereocenters. The molecule has 3 aromatic rings. The summed E-state index contributed by atoms with van der Waals surface area (Å²) in [6.45, 7) is 5.27. The lowest BCUT2D eigenvalue weighted by molar-refractivity contribution is 0.365. The van der Waals surface area contributed by atoms with Crippen molar-refractivity contribution in [3.05, 3.63) is 48.0 Å². The first-order valence-corrected chi connectivity index (χ1v) is 9.38. The third kappa shape index (κ3) is 2.92. The molecule has 7 heteroatoms. The Hall–Kier alpha value is -2.54. The Labute approximate surface area is 152 Å². The molecule has 1 aliphatic carbocycles. The molecule has 1 aliphatic heterocycles. The van der Waals surface area contributed by atoms with Crippen LogP contribution in [0.15, 0.2) is 36.7 Å². The minimum atomic E-state index is 0.324. The van der Waals surface area contributed by atoms with Crippen LogP contribution in [0.1, 0.15) is 43.1 Å². The van der Waals surface area contributed by atoms with E-state index in [1.54, 1.807) is 0 Å². The SMILES string of the molecule is CC(NCC1CN(c2ccc3nnc(C4CC4)n3n2)C1)c1cccnc1. The number of nitrogens with zero attached hydrogens (tertiary/aromatic N) is 6. The van der Waals surface area contributed by atoms with Gasteiger partial charge in [0.2, 0.25) is 0 Å². The Kier molecular flexibility index (Phi) is 3.81. The van der Waals surface area contributed by atoms with E-state index >= 15 is 0 Å². The van der Waals surface area contributed by atoms with Crippen molar-refractivity contribution < 1.29 is 0 Å². The number of anilines is 1. The molecule has 134 valence electrons. The van der Waals surface area contributed by atoms with Crippen LogP contribution in [0.4, 0.5) is 5.82 Å². The van der Waals surface area contributed by atoms with Crippen LogP contribution in [0.5, 0.6) is 0 Å². The summed E-state index contributed by atoms with van der Waals surface area (Å²) in [7, 11) is 0. The third-order valence-corrected chi connectivity index (χ3v) is 5.39. The molecule has 0 spiro atoms. The van der Waals surface area contributed by atoms with Crippen molar-refractivity contribution in [2.24, 2.45) is 5.92 Å². The lowest BCUT2D eigenvalue weighted by Crippen LogP contribution is -2.51. The van der Waals surface area contributed by atoms with Gasteiger partial charge in [0.05, 0.1) is 0 Å². The number of rotatable bonds is 6. The lowest BCUT2D eigenvalue weighted by Gasteiger charge is -2.40. The monoisotopic (exact) mass is 349 g/mol. The largest absolute Gasteiger partial charge is 0.354 e. The van der Waals surface area contributed by atoms with Gasteiger partial charge in [0, 0.05) is 49.9 Å². The number of hydrogen-bond donors (Lipinski definition) is 1. The standard InChI is InChI=1S/C19H23N7/c1-13(16-3-2-8-20-10-16)21-9-14-11-25(12-14)18-7-6-17-22-23-19(15-4-5-15)26(17)24-18/h2-3,6-8,10,13-15,21H,4-5,9,11-12H2,1H3. The first-order valence-electron chi connectivity index (χ1n) is 9.38. The molecule has 0 radical (unpaired) electrons. The van der Waals surface area contributed by atoms with Crippen LogP contribution in [-0.2, 0) is 0 Å². The van der Waals surface area contributed by atoms with Gasteiger partial charge in [-0.25, -0.2) is 0 Å². The van der Waals surface area contributed by atoms with E-state index < -0.39 is 0 Å². The van der Waals surface area contributed by atoms with Gasteiger partial charge in [0.1, 0.15) is 5.82 Å². The van der Waals surface area contributed by atoms with Gasteiger partial charge in [-0.3, -0.25) is 4.98 Å². The summed E-state index contributed by atoms with van der Waals surface area (Å²) in [4.78, 5) is 6.52. The fourth-order valence-electron chi connectivity index (χ4n) is 3.54. The van der Waals surface area contributed by atoms with Gasteiger partial charge in [-0.05, 0) is 43.5 Å². The summed E-state index contributed by atoms with van der Waals surface area (Å²) in [5, 5.41) is 16.9. The van der Waals surface area contributed by atoms with E-state index in [4.69, 9.17) is 5.10 Å². The quantitative estimate of drug-likeness (QED) is 0.735. The lowest BCUT2D eigenvalue weighted by atomic mass is 9.99. The topological polar surface area (TPSA) is 71.2 Å². The summed E-state index contributed by atoms with van der Waals surface area (Å²) >= 11 is 0. The fourth-order valence-corrected chi connectivity index (χ4v) is 3.54.